The van der Waals surface area contributed by atoms with Gasteiger partial charge < -0.3 is 10.4 Å². The lowest BCUT2D eigenvalue weighted by Gasteiger charge is -2.21. The van der Waals surface area contributed by atoms with Crippen LogP contribution >= 0.6 is 11.6 Å². The minimum atomic E-state index is -3.47. The van der Waals surface area contributed by atoms with E-state index in [4.69, 9.17) is 16.7 Å². The third-order valence-corrected chi connectivity index (χ3v) is 6.92. The van der Waals surface area contributed by atoms with Crippen LogP contribution in [0.25, 0.3) is 0 Å². The van der Waals surface area contributed by atoms with Crippen LogP contribution in [-0.2, 0) is 14.6 Å². The topological polar surface area (TPSA) is 109 Å². The number of benzene rings is 1. The van der Waals surface area contributed by atoms with Crippen molar-refractivity contribution in [3.8, 4) is 11.8 Å². The fourth-order valence-corrected chi connectivity index (χ4v) is 5.19. The van der Waals surface area contributed by atoms with Crippen LogP contribution in [0.3, 0.4) is 0 Å². The summed E-state index contributed by atoms with van der Waals surface area (Å²) in [6.07, 6.45) is 9.00. The van der Waals surface area contributed by atoms with Gasteiger partial charge >= 0.3 is 0 Å². The fraction of sp³-hybridized carbons (Fsp3) is 0.409. The molecule has 1 amide bonds. The Kier molecular flexibility index (Phi) is 7.65. The normalized spacial score (nSPS) is 15.2. The van der Waals surface area contributed by atoms with Crippen LogP contribution < -0.4 is 5.32 Å². The number of hydrogen-bond donors (Lipinski definition) is 2. The second kappa shape index (κ2) is 10.2. The molecule has 0 aliphatic heterocycles. The fourth-order valence-electron chi connectivity index (χ4n) is 3.86. The standard InChI is InChI=1S/C22H24ClN3O4S/c1-31(29,30)20-9-8-16(14-18(20)23)17(13-15-5-2-3-6-15)22(28)26-21-19(7-4-12-27)24-10-11-25-21/h8-11,14-15,17,27H,2-3,5-6,12-13H2,1H3,(H,25,26,28)/t17-/m1/s1. The van der Waals surface area contributed by atoms with Gasteiger partial charge in [-0.05, 0) is 36.0 Å². The minimum absolute atomic E-state index is 0.0356. The molecule has 1 aliphatic carbocycles. The first kappa shape index (κ1) is 23.2. The predicted octanol–water partition coefficient (Wildman–Crippen LogP) is 3.18. The van der Waals surface area contributed by atoms with E-state index in [9.17, 15) is 13.2 Å². The van der Waals surface area contributed by atoms with Gasteiger partial charge in [0.15, 0.2) is 21.3 Å². The van der Waals surface area contributed by atoms with Gasteiger partial charge in [0.2, 0.25) is 5.91 Å². The molecule has 1 aliphatic rings. The van der Waals surface area contributed by atoms with Crippen molar-refractivity contribution in [3.63, 3.8) is 0 Å². The van der Waals surface area contributed by atoms with Crippen LogP contribution in [0.15, 0.2) is 35.5 Å². The number of nitrogens with zero attached hydrogens (tertiary/aromatic N) is 2. The highest BCUT2D eigenvalue weighted by molar-refractivity contribution is 7.90. The summed E-state index contributed by atoms with van der Waals surface area (Å²) in [5.74, 6) is 4.97. The maximum atomic E-state index is 13.3. The van der Waals surface area contributed by atoms with E-state index in [1.165, 1.54) is 18.5 Å². The Bertz CT molecular complexity index is 1120. The zero-order valence-electron chi connectivity index (χ0n) is 17.1. The molecule has 0 bridgehead atoms. The van der Waals surface area contributed by atoms with Crippen LogP contribution in [0, 0.1) is 17.8 Å². The average Bonchev–Trinajstić information content (AvgIpc) is 3.23. The lowest BCUT2D eigenvalue weighted by atomic mass is 9.87. The van der Waals surface area contributed by atoms with Crippen molar-refractivity contribution in [1.29, 1.82) is 0 Å². The van der Waals surface area contributed by atoms with Gasteiger partial charge in [0.1, 0.15) is 6.61 Å². The van der Waals surface area contributed by atoms with Gasteiger partial charge in [-0.25, -0.2) is 18.4 Å². The molecule has 1 fully saturated rings. The Morgan fingerprint density at radius 1 is 1.29 bits per heavy atom. The molecule has 1 aromatic heterocycles. The number of aliphatic hydroxyl groups excluding tert-OH is 1. The van der Waals surface area contributed by atoms with Crippen molar-refractivity contribution in [2.75, 3.05) is 18.2 Å². The molecule has 1 saturated carbocycles. The van der Waals surface area contributed by atoms with E-state index >= 15 is 0 Å². The first-order valence-electron chi connectivity index (χ1n) is 10.0. The summed E-state index contributed by atoms with van der Waals surface area (Å²) in [5, 5.41) is 11.8. The highest BCUT2D eigenvalue weighted by atomic mass is 35.5. The number of aliphatic hydroxyl groups is 1. The molecule has 2 N–H and O–H groups in total. The average molecular weight is 462 g/mol. The highest BCUT2D eigenvalue weighted by Gasteiger charge is 2.28. The molecule has 3 rings (SSSR count). The van der Waals surface area contributed by atoms with E-state index in [0.29, 0.717) is 17.9 Å². The maximum Gasteiger partial charge on any atom is 0.233 e. The van der Waals surface area contributed by atoms with E-state index in [0.717, 1.165) is 31.9 Å². The summed E-state index contributed by atoms with van der Waals surface area (Å²) in [6, 6.07) is 4.65. The molecular formula is C22H24ClN3O4S. The lowest BCUT2D eigenvalue weighted by molar-refractivity contribution is -0.118. The quantitative estimate of drug-likeness (QED) is 0.639. The molecule has 1 aromatic carbocycles. The van der Waals surface area contributed by atoms with Crippen molar-refractivity contribution in [1.82, 2.24) is 9.97 Å². The first-order valence-corrected chi connectivity index (χ1v) is 12.3. The SMILES string of the molecule is CS(=O)(=O)c1ccc([C@@H](CC2CCCC2)C(=O)Nc2nccnc2C#CCO)cc1Cl. The number of hydrogen-bond acceptors (Lipinski definition) is 6. The number of aromatic nitrogens is 2. The van der Waals surface area contributed by atoms with Crippen molar-refractivity contribution < 1.29 is 18.3 Å². The minimum Gasteiger partial charge on any atom is -0.384 e. The zero-order valence-corrected chi connectivity index (χ0v) is 18.7. The van der Waals surface area contributed by atoms with E-state index in [1.54, 1.807) is 12.1 Å². The maximum absolute atomic E-state index is 13.3. The van der Waals surface area contributed by atoms with Crippen molar-refractivity contribution in [2.24, 2.45) is 5.92 Å². The molecule has 9 heteroatoms. The van der Waals surface area contributed by atoms with Gasteiger partial charge in [-0.15, -0.1) is 0 Å². The van der Waals surface area contributed by atoms with Crippen LogP contribution in [-0.4, -0.2) is 42.3 Å². The lowest BCUT2D eigenvalue weighted by Crippen LogP contribution is -2.24. The predicted molar refractivity (Wildman–Crippen MR) is 119 cm³/mol. The van der Waals surface area contributed by atoms with E-state index < -0.39 is 15.8 Å². The van der Waals surface area contributed by atoms with Gasteiger partial charge in [0.05, 0.1) is 15.8 Å². The van der Waals surface area contributed by atoms with Gasteiger partial charge in [-0.2, -0.15) is 0 Å². The molecule has 0 unspecified atom stereocenters. The molecule has 2 aromatic rings. The van der Waals surface area contributed by atoms with E-state index in [-0.39, 0.29) is 33.9 Å². The Morgan fingerprint density at radius 3 is 2.65 bits per heavy atom. The molecule has 164 valence electrons. The zero-order chi connectivity index (χ0) is 22.4. The highest BCUT2D eigenvalue weighted by Crippen LogP contribution is 2.36. The Balaban J connectivity index is 1.92. The van der Waals surface area contributed by atoms with Gasteiger partial charge in [-0.3, -0.25) is 4.79 Å². The second-order valence-electron chi connectivity index (χ2n) is 7.60. The molecule has 0 spiro atoms. The molecule has 1 heterocycles. The van der Waals surface area contributed by atoms with Crippen LogP contribution in [0.5, 0.6) is 0 Å². The first-order chi connectivity index (χ1) is 14.8. The molecule has 0 radical (unpaired) electrons. The van der Waals surface area contributed by atoms with Crippen molar-refractivity contribution >= 4 is 33.2 Å². The monoisotopic (exact) mass is 461 g/mol. The number of sulfone groups is 1. The smallest absolute Gasteiger partial charge is 0.233 e. The van der Waals surface area contributed by atoms with Crippen LogP contribution in [0.4, 0.5) is 5.82 Å². The van der Waals surface area contributed by atoms with Gasteiger partial charge in [0.25, 0.3) is 0 Å². The number of anilines is 1. The number of carbonyl (C=O) groups is 1. The number of nitrogens with one attached hydrogen (secondary N) is 1. The Morgan fingerprint density at radius 2 is 2.00 bits per heavy atom. The number of carbonyl (C=O) groups excluding carboxylic acids is 1. The third-order valence-electron chi connectivity index (χ3n) is 5.34. The van der Waals surface area contributed by atoms with Gasteiger partial charge in [-0.1, -0.05) is 49.3 Å². The van der Waals surface area contributed by atoms with Crippen molar-refractivity contribution in [2.45, 2.75) is 42.9 Å². The molecular weight excluding hydrogens is 438 g/mol. The molecule has 7 nitrogen and oxygen atoms in total. The summed E-state index contributed by atoms with van der Waals surface area (Å²) >= 11 is 6.25. The van der Waals surface area contributed by atoms with Crippen molar-refractivity contribution in [3.05, 3.63) is 46.9 Å². The Hall–Kier alpha value is -2.47. The summed E-state index contributed by atoms with van der Waals surface area (Å²) in [7, 11) is -3.47. The number of amides is 1. The molecule has 0 saturated heterocycles. The van der Waals surface area contributed by atoms with Crippen LogP contribution in [0.2, 0.25) is 5.02 Å². The summed E-state index contributed by atoms with van der Waals surface area (Å²) < 4.78 is 23.8. The third kappa shape index (κ3) is 6.03. The molecule has 1 atom stereocenters. The number of rotatable bonds is 6. The Labute approximate surface area is 187 Å². The summed E-state index contributed by atoms with van der Waals surface area (Å²) in [5.41, 5.74) is 0.906. The van der Waals surface area contributed by atoms with Crippen LogP contribution in [0.1, 0.15) is 49.3 Å². The molecule has 31 heavy (non-hydrogen) atoms. The number of halogens is 1. The van der Waals surface area contributed by atoms with E-state index in [1.807, 2.05) is 0 Å². The van der Waals surface area contributed by atoms with Gasteiger partial charge in [0, 0.05) is 18.6 Å². The second-order valence-corrected chi connectivity index (χ2v) is 9.99. The summed E-state index contributed by atoms with van der Waals surface area (Å²) in [6.45, 7) is -0.334. The van der Waals surface area contributed by atoms with E-state index in [2.05, 4.69) is 27.1 Å². The largest absolute Gasteiger partial charge is 0.384 e. The summed E-state index contributed by atoms with van der Waals surface area (Å²) in [4.78, 5) is 21.6.